The number of H-pyrrole nitrogens is 1. The number of nitrogens with one attached hydrogen (secondary N) is 2. The minimum atomic E-state index is -9.74. The predicted octanol–water partition coefficient (Wildman–Crippen LogP) is 4.15. The summed E-state index contributed by atoms with van der Waals surface area (Å²) in [6, 6.07) is 3.49. The molecule has 2 aromatic rings. The van der Waals surface area contributed by atoms with Gasteiger partial charge in [-0.2, -0.15) is 0 Å². The maximum Gasteiger partial charge on any atom is 0.310 e. The lowest BCUT2D eigenvalue weighted by atomic mass is 10.0. The smallest absolute Gasteiger partial charge is 0.310 e. The van der Waals surface area contributed by atoms with Crippen LogP contribution >= 0.6 is 10.2 Å². The maximum atomic E-state index is 12.8. The molecular formula is C15H14F5N3O2S. The fourth-order valence-electron chi connectivity index (χ4n) is 2.62. The number of nitrogens with zero attached hydrogens (tertiary/aromatic N) is 1. The average molecular weight is 395 g/mol. The SMILES string of the molecule is Cc1nc(C(=O)NC2(c3ccc(S(F)(F)(F)(F)F)cc3)CC2)cc(=O)[nH]1. The lowest BCUT2D eigenvalue weighted by Gasteiger charge is -2.40. The molecule has 5 nitrogen and oxygen atoms in total. The van der Waals surface area contributed by atoms with Crippen molar-refractivity contribution in [3.63, 3.8) is 0 Å². The number of benzene rings is 1. The molecule has 1 aromatic carbocycles. The number of halogens is 5. The Hall–Kier alpha value is -2.43. The molecule has 1 heterocycles. The van der Waals surface area contributed by atoms with Crippen LogP contribution in [-0.2, 0) is 5.54 Å². The molecule has 2 N–H and O–H groups in total. The van der Waals surface area contributed by atoms with E-state index in [-0.39, 0.29) is 17.1 Å². The highest BCUT2D eigenvalue weighted by Gasteiger charge is 2.65. The Morgan fingerprint density at radius 2 is 1.73 bits per heavy atom. The highest BCUT2D eigenvalue weighted by Crippen LogP contribution is 3.02. The van der Waals surface area contributed by atoms with Crippen LogP contribution in [0.2, 0.25) is 0 Å². The van der Waals surface area contributed by atoms with Crippen molar-refractivity contribution in [1.29, 1.82) is 0 Å². The highest BCUT2D eigenvalue weighted by atomic mass is 32.5. The molecule has 1 aliphatic rings. The second-order valence-electron chi connectivity index (χ2n) is 6.25. The summed E-state index contributed by atoms with van der Waals surface area (Å²) >= 11 is 0. The number of hydrogen-bond acceptors (Lipinski definition) is 3. The molecule has 0 bridgehead atoms. The summed E-state index contributed by atoms with van der Waals surface area (Å²) in [5, 5.41) is 2.62. The molecule has 11 heteroatoms. The molecule has 1 aliphatic carbocycles. The van der Waals surface area contributed by atoms with E-state index in [1.165, 1.54) is 6.92 Å². The van der Waals surface area contributed by atoms with Crippen molar-refractivity contribution in [2.45, 2.75) is 30.2 Å². The van der Waals surface area contributed by atoms with Gasteiger partial charge in [0.2, 0.25) is 0 Å². The van der Waals surface area contributed by atoms with Crippen LogP contribution in [0.1, 0.15) is 34.7 Å². The molecule has 26 heavy (non-hydrogen) atoms. The van der Waals surface area contributed by atoms with Gasteiger partial charge in [0.1, 0.15) is 16.4 Å². The minimum Gasteiger partial charge on any atom is -0.341 e. The molecule has 0 unspecified atom stereocenters. The van der Waals surface area contributed by atoms with Gasteiger partial charge >= 0.3 is 10.2 Å². The van der Waals surface area contributed by atoms with E-state index in [9.17, 15) is 29.0 Å². The van der Waals surface area contributed by atoms with Crippen LogP contribution in [0.5, 0.6) is 0 Å². The lowest BCUT2D eigenvalue weighted by Crippen LogP contribution is -2.36. The van der Waals surface area contributed by atoms with Gasteiger partial charge in [0.15, 0.2) is 0 Å². The topological polar surface area (TPSA) is 74.8 Å². The molecule has 3 rings (SSSR count). The summed E-state index contributed by atoms with van der Waals surface area (Å²) in [4.78, 5) is 28.0. The Bertz CT molecular complexity index is 951. The van der Waals surface area contributed by atoms with Crippen molar-refractivity contribution in [2.75, 3.05) is 0 Å². The molecule has 1 saturated carbocycles. The van der Waals surface area contributed by atoms with E-state index in [0.717, 1.165) is 18.2 Å². The zero-order chi connectivity index (χ0) is 19.4. The molecular weight excluding hydrogens is 381 g/mol. The van der Waals surface area contributed by atoms with E-state index in [1.807, 2.05) is 0 Å². The van der Waals surface area contributed by atoms with Crippen LogP contribution in [0, 0.1) is 6.92 Å². The van der Waals surface area contributed by atoms with E-state index >= 15 is 0 Å². The number of rotatable bonds is 4. The van der Waals surface area contributed by atoms with Gasteiger partial charge in [-0.25, -0.2) is 4.98 Å². The van der Waals surface area contributed by atoms with E-state index < -0.39 is 32.1 Å². The van der Waals surface area contributed by atoms with Crippen LogP contribution in [0.3, 0.4) is 0 Å². The van der Waals surface area contributed by atoms with Gasteiger partial charge in [-0.1, -0.05) is 31.6 Å². The monoisotopic (exact) mass is 395 g/mol. The molecule has 0 spiro atoms. The van der Waals surface area contributed by atoms with Crippen molar-refractivity contribution in [3.8, 4) is 0 Å². The first-order chi connectivity index (χ1) is 11.7. The first-order valence-corrected chi connectivity index (χ1v) is 9.39. The largest absolute Gasteiger partial charge is 0.341 e. The van der Waals surface area contributed by atoms with Crippen molar-refractivity contribution in [1.82, 2.24) is 15.3 Å². The third-order valence-corrected chi connectivity index (χ3v) is 5.21. The van der Waals surface area contributed by atoms with E-state index in [1.54, 1.807) is 0 Å². The van der Waals surface area contributed by atoms with Gasteiger partial charge in [-0.05, 0) is 37.5 Å². The second-order valence-corrected chi connectivity index (χ2v) is 8.65. The van der Waals surface area contributed by atoms with Gasteiger partial charge in [0.25, 0.3) is 11.5 Å². The van der Waals surface area contributed by atoms with E-state index in [0.29, 0.717) is 25.0 Å². The Morgan fingerprint density at radius 3 is 2.19 bits per heavy atom. The molecule has 0 atom stereocenters. The van der Waals surface area contributed by atoms with Gasteiger partial charge < -0.3 is 10.3 Å². The van der Waals surface area contributed by atoms with Gasteiger partial charge in [0, 0.05) is 6.07 Å². The predicted molar refractivity (Wildman–Crippen MR) is 85.8 cm³/mol. The Balaban J connectivity index is 1.86. The van der Waals surface area contributed by atoms with Gasteiger partial charge in [0.05, 0.1) is 5.54 Å². The molecule has 0 radical (unpaired) electrons. The Labute approximate surface area is 144 Å². The zero-order valence-corrected chi connectivity index (χ0v) is 14.2. The van der Waals surface area contributed by atoms with Crippen LogP contribution in [0.25, 0.3) is 0 Å². The quantitative estimate of drug-likeness (QED) is 0.764. The van der Waals surface area contributed by atoms with Crippen molar-refractivity contribution in [2.24, 2.45) is 0 Å². The molecule has 0 saturated heterocycles. The summed E-state index contributed by atoms with van der Waals surface area (Å²) in [7, 11) is -9.74. The summed E-state index contributed by atoms with van der Waals surface area (Å²) in [6.07, 6.45) is 0.855. The number of aryl methyl sites for hydroxylation is 1. The highest BCUT2D eigenvalue weighted by molar-refractivity contribution is 8.45. The number of aromatic nitrogens is 2. The summed E-state index contributed by atoms with van der Waals surface area (Å²) in [6.45, 7) is 1.49. The normalized spacial score (nSPS) is 18.5. The fraction of sp³-hybridized carbons (Fsp3) is 0.267. The minimum absolute atomic E-state index is 0.138. The number of amides is 1. The first-order valence-electron chi connectivity index (χ1n) is 7.44. The number of aromatic amines is 1. The van der Waals surface area contributed by atoms with Crippen molar-refractivity contribution in [3.05, 3.63) is 57.8 Å². The van der Waals surface area contributed by atoms with Crippen LogP contribution in [0.4, 0.5) is 19.4 Å². The van der Waals surface area contributed by atoms with Crippen molar-refractivity contribution < 1.29 is 24.2 Å². The van der Waals surface area contributed by atoms with E-state index in [2.05, 4.69) is 15.3 Å². The molecule has 1 amide bonds. The van der Waals surface area contributed by atoms with Crippen LogP contribution in [0.15, 0.2) is 40.0 Å². The van der Waals surface area contributed by atoms with Crippen molar-refractivity contribution >= 4 is 16.1 Å². The molecule has 142 valence electrons. The Kier molecular flexibility index (Phi) is 3.42. The third-order valence-electron chi connectivity index (χ3n) is 4.05. The number of hydrogen-bond donors (Lipinski definition) is 2. The zero-order valence-electron chi connectivity index (χ0n) is 13.4. The third kappa shape index (κ3) is 3.71. The van der Waals surface area contributed by atoms with Crippen LogP contribution < -0.4 is 10.9 Å². The number of carbonyl (C=O) groups excluding carboxylic acids is 1. The summed E-state index contributed by atoms with van der Waals surface area (Å²) < 4.78 is 63.9. The molecule has 0 aliphatic heterocycles. The number of carbonyl (C=O) groups is 1. The first kappa shape index (κ1) is 18.4. The maximum absolute atomic E-state index is 12.8. The fourth-order valence-corrected chi connectivity index (χ4v) is 3.27. The standard InChI is InChI=1S/C15H14F5N3O2S/c1-9-21-12(8-13(24)22-9)14(25)23-15(6-7-15)10-2-4-11(5-3-10)26(16,17,18,19)20/h2-5,8H,6-7H2,1H3,(H,23,25)(H,21,22,24). The summed E-state index contributed by atoms with van der Waals surface area (Å²) in [5.74, 6) is -0.443. The summed E-state index contributed by atoms with van der Waals surface area (Å²) in [5.41, 5.74) is -1.34. The van der Waals surface area contributed by atoms with E-state index in [4.69, 9.17) is 0 Å². The molecule has 1 aromatic heterocycles. The van der Waals surface area contributed by atoms with Crippen LogP contribution in [-0.4, -0.2) is 15.9 Å². The molecule has 1 fully saturated rings. The average Bonchev–Trinajstić information content (AvgIpc) is 3.25. The van der Waals surface area contributed by atoms with Gasteiger partial charge in [-0.3, -0.25) is 9.59 Å². The van der Waals surface area contributed by atoms with Gasteiger partial charge in [-0.15, -0.1) is 0 Å². The second kappa shape index (κ2) is 4.84. The Morgan fingerprint density at radius 1 is 1.15 bits per heavy atom. The lowest BCUT2D eigenvalue weighted by molar-refractivity contribution is 0.0925.